The van der Waals surface area contributed by atoms with Gasteiger partial charge in [-0.25, -0.2) is 4.98 Å². The molecule has 2 aromatic rings. The second kappa shape index (κ2) is 3.79. The molecule has 1 aromatic carbocycles. The van der Waals surface area contributed by atoms with E-state index in [9.17, 15) is 0 Å². The van der Waals surface area contributed by atoms with Crippen molar-refractivity contribution in [3.05, 3.63) is 24.3 Å². The predicted octanol–water partition coefficient (Wildman–Crippen LogP) is 1.35. The number of aromatic nitrogens is 2. The summed E-state index contributed by atoms with van der Waals surface area (Å²) < 4.78 is 0. The number of para-hydroxylation sites is 2. The van der Waals surface area contributed by atoms with Crippen molar-refractivity contribution in [1.82, 2.24) is 9.97 Å². The molecule has 4 nitrogen and oxygen atoms in total. The molecule has 0 radical (unpaired) electrons. The van der Waals surface area contributed by atoms with E-state index < -0.39 is 0 Å². The highest BCUT2D eigenvalue weighted by atomic mass is 15.3. The molecule has 84 valence electrons. The molecule has 3 N–H and O–H groups in total. The van der Waals surface area contributed by atoms with E-state index in [2.05, 4.69) is 20.9 Å². The summed E-state index contributed by atoms with van der Waals surface area (Å²) in [7, 11) is 0. The largest absolute Gasteiger partial charge is 0.342 e. The van der Waals surface area contributed by atoms with Gasteiger partial charge in [0.1, 0.15) is 0 Å². The molecule has 1 aromatic heterocycles. The van der Waals surface area contributed by atoms with Gasteiger partial charge in [-0.3, -0.25) is 0 Å². The Labute approximate surface area is 94.5 Å². The minimum Gasteiger partial charge on any atom is -0.342 e. The number of anilines is 1. The maximum absolute atomic E-state index is 5.69. The summed E-state index contributed by atoms with van der Waals surface area (Å²) in [6.45, 7) is 2.86. The van der Waals surface area contributed by atoms with Gasteiger partial charge in [0.2, 0.25) is 5.95 Å². The SMILES string of the molecule is NCC1CCN(c2nc3ccccc3[nH]2)C1. The Kier molecular flexibility index (Phi) is 2.29. The number of hydrogen-bond donors (Lipinski definition) is 2. The van der Waals surface area contributed by atoms with Crippen LogP contribution in [0.25, 0.3) is 11.0 Å². The van der Waals surface area contributed by atoms with Crippen LogP contribution in [0, 0.1) is 5.92 Å². The number of imidazole rings is 1. The van der Waals surface area contributed by atoms with E-state index in [4.69, 9.17) is 5.73 Å². The standard InChI is InChI=1S/C12H16N4/c13-7-9-5-6-16(8-9)12-14-10-3-1-2-4-11(10)15-12/h1-4,9H,5-8,13H2,(H,14,15). The van der Waals surface area contributed by atoms with Gasteiger partial charge in [0.15, 0.2) is 0 Å². The van der Waals surface area contributed by atoms with E-state index in [0.29, 0.717) is 5.92 Å². The van der Waals surface area contributed by atoms with Crippen molar-refractivity contribution in [2.24, 2.45) is 11.7 Å². The van der Waals surface area contributed by atoms with Gasteiger partial charge in [-0.15, -0.1) is 0 Å². The normalized spacial score (nSPS) is 20.8. The average Bonchev–Trinajstić information content (AvgIpc) is 2.95. The van der Waals surface area contributed by atoms with Crippen LogP contribution in [0.5, 0.6) is 0 Å². The van der Waals surface area contributed by atoms with Gasteiger partial charge in [-0.05, 0) is 31.0 Å². The van der Waals surface area contributed by atoms with Crippen molar-refractivity contribution in [1.29, 1.82) is 0 Å². The predicted molar refractivity (Wildman–Crippen MR) is 65.5 cm³/mol. The molecule has 0 saturated carbocycles. The van der Waals surface area contributed by atoms with Crippen LogP contribution < -0.4 is 10.6 Å². The summed E-state index contributed by atoms with van der Waals surface area (Å²) in [5.41, 5.74) is 7.83. The Morgan fingerprint density at radius 3 is 3.06 bits per heavy atom. The molecule has 1 fully saturated rings. The van der Waals surface area contributed by atoms with Crippen molar-refractivity contribution in [3.8, 4) is 0 Å². The third-order valence-corrected chi connectivity index (χ3v) is 3.30. The number of aromatic amines is 1. The van der Waals surface area contributed by atoms with Crippen LogP contribution in [0.1, 0.15) is 6.42 Å². The van der Waals surface area contributed by atoms with Crippen LogP contribution in [0.4, 0.5) is 5.95 Å². The lowest BCUT2D eigenvalue weighted by Crippen LogP contribution is -2.23. The lowest BCUT2D eigenvalue weighted by Gasteiger charge is -2.14. The fourth-order valence-electron chi connectivity index (χ4n) is 2.31. The van der Waals surface area contributed by atoms with E-state index >= 15 is 0 Å². The summed E-state index contributed by atoms with van der Waals surface area (Å²) in [6.07, 6.45) is 1.17. The second-order valence-corrected chi connectivity index (χ2v) is 4.41. The average molecular weight is 216 g/mol. The smallest absolute Gasteiger partial charge is 0.203 e. The lowest BCUT2D eigenvalue weighted by molar-refractivity contribution is 0.602. The molecule has 16 heavy (non-hydrogen) atoms. The van der Waals surface area contributed by atoms with Crippen LogP contribution in [0.15, 0.2) is 24.3 Å². The van der Waals surface area contributed by atoms with Gasteiger partial charge in [-0.2, -0.15) is 0 Å². The molecular formula is C12H16N4. The molecule has 1 aliphatic heterocycles. The molecule has 0 spiro atoms. The Morgan fingerprint density at radius 2 is 2.31 bits per heavy atom. The van der Waals surface area contributed by atoms with E-state index in [1.807, 2.05) is 18.2 Å². The highest BCUT2D eigenvalue weighted by Crippen LogP contribution is 2.23. The topological polar surface area (TPSA) is 57.9 Å². The number of rotatable bonds is 2. The summed E-state index contributed by atoms with van der Waals surface area (Å²) in [6, 6.07) is 8.13. The fraction of sp³-hybridized carbons (Fsp3) is 0.417. The van der Waals surface area contributed by atoms with Crippen molar-refractivity contribution in [2.45, 2.75) is 6.42 Å². The monoisotopic (exact) mass is 216 g/mol. The Morgan fingerprint density at radius 1 is 1.44 bits per heavy atom. The molecule has 1 saturated heterocycles. The molecule has 0 amide bonds. The molecule has 2 heterocycles. The van der Waals surface area contributed by atoms with Crippen LogP contribution in [0.3, 0.4) is 0 Å². The van der Waals surface area contributed by atoms with Crippen LogP contribution >= 0.6 is 0 Å². The van der Waals surface area contributed by atoms with Gasteiger partial charge in [0, 0.05) is 13.1 Å². The van der Waals surface area contributed by atoms with E-state index in [1.165, 1.54) is 6.42 Å². The summed E-state index contributed by atoms with van der Waals surface area (Å²) in [5.74, 6) is 1.60. The zero-order chi connectivity index (χ0) is 11.0. The first-order valence-electron chi connectivity index (χ1n) is 5.76. The molecule has 0 aliphatic carbocycles. The minimum atomic E-state index is 0.619. The fourth-order valence-corrected chi connectivity index (χ4v) is 2.31. The lowest BCUT2D eigenvalue weighted by atomic mass is 10.1. The second-order valence-electron chi connectivity index (χ2n) is 4.41. The third-order valence-electron chi connectivity index (χ3n) is 3.30. The van der Waals surface area contributed by atoms with Crippen molar-refractivity contribution < 1.29 is 0 Å². The third kappa shape index (κ3) is 1.55. The molecule has 1 atom stereocenters. The van der Waals surface area contributed by atoms with Gasteiger partial charge in [0.05, 0.1) is 11.0 Å². The summed E-state index contributed by atoms with van der Waals surface area (Å²) >= 11 is 0. The zero-order valence-corrected chi connectivity index (χ0v) is 9.19. The zero-order valence-electron chi connectivity index (χ0n) is 9.19. The number of benzene rings is 1. The maximum atomic E-state index is 5.69. The molecular weight excluding hydrogens is 200 g/mol. The highest BCUT2D eigenvalue weighted by molar-refractivity contribution is 5.77. The first-order valence-corrected chi connectivity index (χ1v) is 5.76. The molecule has 0 bridgehead atoms. The molecule has 1 unspecified atom stereocenters. The number of nitrogens with one attached hydrogen (secondary N) is 1. The number of nitrogens with two attached hydrogens (primary N) is 1. The molecule has 1 aliphatic rings. The van der Waals surface area contributed by atoms with Gasteiger partial charge in [-0.1, -0.05) is 12.1 Å². The van der Waals surface area contributed by atoms with Crippen LogP contribution in [0.2, 0.25) is 0 Å². The Hall–Kier alpha value is -1.55. The highest BCUT2D eigenvalue weighted by Gasteiger charge is 2.23. The summed E-state index contributed by atoms with van der Waals surface area (Å²) in [4.78, 5) is 10.2. The van der Waals surface area contributed by atoms with Gasteiger partial charge in [0.25, 0.3) is 0 Å². The first-order chi connectivity index (χ1) is 7.86. The Bertz CT molecular complexity index is 457. The maximum Gasteiger partial charge on any atom is 0.203 e. The van der Waals surface area contributed by atoms with Crippen LogP contribution in [-0.4, -0.2) is 29.6 Å². The minimum absolute atomic E-state index is 0.619. The summed E-state index contributed by atoms with van der Waals surface area (Å²) in [5, 5.41) is 0. The van der Waals surface area contributed by atoms with E-state index in [0.717, 1.165) is 36.6 Å². The van der Waals surface area contributed by atoms with Crippen molar-refractivity contribution in [3.63, 3.8) is 0 Å². The Balaban J connectivity index is 1.89. The van der Waals surface area contributed by atoms with Gasteiger partial charge >= 0.3 is 0 Å². The van der Waals surface area contributed by atoms with Crippen molar-refractivity contribution in [2.75, 3.05) is 24.5 Å². The van der Waals surface area contributed by atoms with Crippen LogP contribution in [-0.2, 0) is 0 Å². The van der Waals surface area contributed by atoms with E-state index in [1.54, 1.807) is 0 Å². The number of hydrogen-bond acceptors (Lipinski definition) is 3. The number of fused-ring (bicyclic) bond motifs is 1. The van der Waals surface area contributed by atoms with Gasteiger partial charge < -0.3 is 15.6 Å². The number of nitrogens with zero attached hydrogens (tertiary/aromatic N) is 2. The quantitative estimate of drug-likeness (QED) is 0.796. The van der Waals surface area contributed by atoms with Crippen molar-refractivity contribution >= 4 is 17.0 Å². The molecule has 4 heteroatoms. The van der Waals surface area contributed by atoms with E-state index in [-0.39, 0.29) is 0 Å². The first kappa shape index (κ1) is 9.66. The molecule has 3 rings (SSSR count). The number of H-pyrrole nitrogens is 1.